The van der Waals surface area contributed by atoms with E-state index < -0.39 is 15.9 Å². The highest BCUT2D eigenvalue weighted by atomic mass is 35.5. The van der Waals surface area contributed by atoms with Gasteiger partial charge in [-0.25, -0.2) is 8.42 Å². The second-order valence-corrected chi connectivity index (χ2v) is 9.67. The van der Waals surface area contributed by atoms with E-state index >= 15 is 0 Å². The number of sulfonamides is 1. The molecule has 5 nitrogen and oxygen atoms in total. The topological polar surface area (TPSA) is 66.5 Å². The highest BCUT2D eigenvalue weighted by molar-refractivity contribution is 7.89. The third-order valence-corrected chi connectivity index (χ3v) is 7.51. The van der Waals surface area contributed by atoms with Gasteiger partial charge in [-0.15, -0.1) is 0 Å². The van der Waals surface area contributed by atoms with Crippen molar-refractivity contribution in [3.05, 3.63) is 64.1 Å². The van der Waals surface area contributed by atoms with Gasteiger partial charge in [-0.1, -0.05) is 53.5 Å². The number of carbonyl (C=O) groups is 1. The van der Waals surface area contributed by atoms with Gasteiger partial charge in [0.2, 0.25) is 15.9 Å². The molecule has 0 aromatic heterocycles. The highest BCUT2D eigenvalue weighted by Crippen LogP contribution is 2.30. The summed E-state index contributed by atoms with van der Waals surface area (Å²) in [6, 6.07) is 13.9. The van der Waals surface area contributed by atoms with Crippen LogP contribution < -0.4 is 5.32 Å². The van der Waals surface area contributed by atoms with Gasteiger partial charge < -0.3 is 5.32 Å². The van der Waals surface area contributed by atoms with Crippen molar-refractivity contribution in [2.45, 2.75) is 30.7 Å². The molecule has 0 saturated carbocycles. The smallest absolute Gasteiger partial charge is 0.244 e. The predicted octanol–water partition coefficient (Wildman–Crippen LogP) is 4.27. The molecule has 1 amide bonds. The molecule has 2 atom stereocenters. The van der Waals surface area contributed by atoms with Gasteiger partial charge in [-0.2, -0.15) is 4.31 Å². The van der Waals surface area contributed by atoms with Gasteiger partial charge in [0, 0.05) is 18.1 Å². The van der Waals surface area contributed by atoms with Gasteiger partial charge in [0.15, 0.2) is 0 Å². The van der Waals surface area contributed by atoms with Crippen molar-refractivity contribution in [2.75, 3.05) is 13.1 Å². The van der Waals surface area contributed by atoms with Crippen LogP contribution in [0.2, 0.25) is 10.0 Å². The second-order valence-electron chi connectivity index (χ2n) is 6.92. The van der Waals surface area contributed by atoms with Crippen LogP contribution in [0.5, 0.6) is 0 Å². The molecule has 0 unspecified atom stereocenters. The average Bonchev–Trinajstić information content (AvgIpc) is 2.70. The quantitative estimate of drug-likeness (QED) is 0.754. The summed E-state index contributed by atoms with van der Waals surface area (Å²) in [7, 11) is -3.83. The maximum atomic E-state index is 13.0. The van der Waals surface area contributed by atoms with Gasteiger partial charge in [0.25, 0.3) is 0 Å². The minimum absolute atomic E-state index is 0.0274. The van der Waals surface area contributed by atoms with Crippen LogP contribution in [0.25, 0.3) is 0 Å². The van der Waals surface area contributed by atoms with Crippen LogP contribution in [0, 0.1) is 5.92 Å². The first kappa shape index (κ1) is 21.1. The third kappa shape index (κ3) is 4.69. The number of halogens is 2. The fourth-order valence-electron chi connectivity index (χ4n) is 3.34. The lowest BCUT2D eigenvalue weighted by Crippen LogP contribution is -2.45. The Labute approximate surface area is 175 Å². The molecule has 28 heavy (non-hydrogen) atoms. The monoisotopic (exact) mass is 440 g/mol. The fraction of sp³-hybridized carbons (Fsp3) is 0.350. The molecule has 1 heterocycles. The lowest BCUT2D eigenvalue weighted by Gasteiger charge is -2.32. The van der Waals surface area contributed by atoms with Crippen molar-refractivity contribution in [3.63, 3.8) is 0 Å². The van der Waals surface area contributed by atoms with E-state index in [9.17, 15) is 13.2 Å². The van der Waals surface area contributed by atoms with E-state index in [1.807, 2.05) is 37.3 Å². The zero-order valence-electron chi connectivity index (χ0n) is 15.4. The van der Waals surface area contributed by atoms with E-state index in [1.165, 1.54) is 16.4 Å². The summed E-state index contributed by atoms with van der Waals surface area (Å²) in [6.45, 7) is 2.39. The Morgan fingerprint density at radius 3 is 2.61 bits per heavy atom. The molecule has 0 spiro atoms. The average molecular weight is 441 g/mol. The Morgan fingerprint density at radius 1 is 1.18 bits per heavy atom. The molecule has 150 valence electrons. The summed E-state index contributed by atoms with van der Waals surface area (Å²) in [4.78, 5) is 12.7. The Hall–Kier alpha value is -1.60. The minimum Gasteiger partial charge on any atom is -0.349 e. The number of amides is 1. The summed E-state index contributed by atoms with van der Waals surface area (Å²) in [5.41, 5.74) is 1.00. The van der Waals surface area contributed by atoms with E-state index in [0.717, 1.165) is 5.56 Å². The van der Waals surface area contributed by atoms with Crippen LogP contribution >= 0.6 is 23.2 Å². The minimum atomic E-state index is -3.83. The number of benzene rings is 2. The van der Waals surface area contributed by atoms with E-state index in [-0.39, 0.29) is 28.4 Å². The second kappa shape index (κ2) is 8.82. The van der Waals surface area contributed by atoms with Crippen molar-refractivity contribution in [3.8, 4) is 0 Å². The van der Waals surface area contributed by atoms with Crippen molar-refractivity contribution in [1.82, 2.24) is 9.62 Å². The summed E-state index contributed by atoms with van der Waals surface area (Å²) in [5, 5.41) is 3.41. The number of hydrogen-bond acceptors (Lipinski definition) is 3. The van der Waals surface area contributed by atoms with E-state index in [1.54, 1.807) is 6.07 Å². The van der Waals surface area contributed by atoms with Gasteiger partial charge in [0.1, 0.15) is 4.90 Å². The van der Waals surface area contributed by atoms with Crippen molar-refractivity contribution in [1.29, 1.82) is 0 Å². The normalized spacial score (nSPS) is 19.2. The zero-order chi connectivity index (χ0) is 20.3. The van der Waals surface area contributed by atoms with Gasteiger partial charge in [-0.3, -0.25) is 4.79 Å². The van der Waals surface area contributed by atoms with Crippen LogP contribution in [0.3, 0.4) is 0 Å². The first-order valence-electron chi connectivity index (χ1n) is 9.09. The Kier molecular flexibility index (Phi) is 6.65. The Morgan fingerprint density at radius 2 is 1.89 bits per heavy atom. The predicted molar refractivity (Wildman–Crippen MR) is 111 cm³/mol. The third-order valence-electron chi connectivity index (χ3n) is 4.92. The molecular formula is C20H22Cl2N2O3S. The molecular weight excluding hydrogens is 419 g/mol. The molecule has 3 rings (SSSR count). The number of nitrogens with one attached hydrogen (secondary N) is 1. The first-order chi connectivity index (χ1) is 13.3. The molecule has 1 saturated heterocycles. The molecule has 1 fully saturated rings. The van der Waals surface area contributed by atoms with Gasteiger partial charge >= 0.3 is 0 Å². The van der Waals surface area contributed by atoms with Gasteiger partial charge in [0.05, 0.1) is 17.0 Å². The summed E-state index contributed by atoms with van der Waals surface area (Å²) in [6.07, 6.45) is 1.25. The van der Waals surface area contributed by atoms with Crippen molar-refractivity contribution in [2.24, 2.45) is 5.92 Å². The van der Waals surface area contributed by atoms with Crippen LogP contribution in [0.1, 0.15) is 31.4 Å². The molecule has 0 bridgehead atoms. The molecule has 1 aliphatic heterocycles. The van der Waals surface area contributed by atoms with E-state index in [4.69, 9.17) is 23.2 Å². The van der Waals surface area contributed by atoms with E-state index in [0.29, 0.717) is 24.4 Å². The summed E-state index contributed by atoms with van der Waals surface area (Å²) >= 11 is 12.0. The SMILES string of the molecule is C[C@@H](NC(=O)[C@@H]1CCCN(S(=O)(=O)c2cc(Cl)ccc2Cl)C1)c1ccccc1. The van der Waals surface area contributed by atoms with Crippen LogP contribution in [0.4, 0.5) is 0 Å². The molecule has 1 N–H and O–H groups in total. The summed E-state index contributed by atoms with van der Waals surface area (Å²) in [5.74, 6) is -0.555. The number of rotatable bonds is 5. The number of hydrogen-bond donors (Lipinski definition) is 1. The lowest BCUT2D eigenvalue weighted by atomic mass is 9.98. The van der Waals surface area contributed by atoms with Crippen LogP contribution in [-0.4, -0.2) is 31.7 Å². The molecule has 2 aromatic rings. The van der Waals surface area contributed by atoms with Gasteiger partial charge in [-0.05, 0) is 43.5 Å². The maximum absolute atomic E-state index is 13.0. The van der Waals surface area contributed by atoms with E-state index in [2.05, 4.69) is 5.32 Å². The molecule has 8 heteroatoms. The van der Waals surface area contributed by atoms with Crippen LogP contribution in [-0.2, 0) is 14.8 Å². The first-order valence-corrected chi connectivity index (χ1v) is 11.3. The molecule has 2 aromatic carbocycles. The molecule has 1 aliphatic rings. The highest BCUT2D eigenvalue weighted by Gasteiger charge is 2.34. The standard InChI is InChI=1S/C20H22Cl2N2O3S/c1-14(15-6-3-2-4-7-15)23-20(25)16-8-5-11-24(13-16)28(26,27)19-12-17(21)9-10-18(19)22/h2-4,6-7,9-10,12,14,16H,5,8,11,13H2,1H3,(H,23,25)/t14-,16-/m1/s1. The molecule has 0 aliphatic carbocycles. The number of piperidine rings is 1. The Bertz CT molecular complexity index is 951. The Balaban J connectivity index is 1.73. The van der Waals surface area contributed by atoms with Crippen molar-refractivity contribution < 1.29 is 13.2 Å². The fourth-order valence-corrected chi connectivity index (χ4v) is 5.61. The molecule has 0 radical (unpaired) electrons. The largest absolute Gasteiger partial charge is 0.349 e. The van der Waals surface area contributed by atoms with Crippen LogP contribution in [0.15, 0.2) is 53.4 Å². The summed E-state index contributed by atoms with van der Waals surface area (Å²) < 4.78 is 27.4. The zero-order valence-corrected chi connectivity index (χ0v) is 17.8. The maximum Gasteiger partial charge on any atom is 0.244 e. The number of nitrogens with zero attached hydrogens (tertiary/aromatic N) is 1. The lowest BCUT2D eigenvalue weighted by molar-refractivity contribution is -0.126. The number of carbonyl (C=O) groups excluding carboxylic acids is 1. The van der Waals surface area contributed by atoms with Crippen molar-refractivity contribution >= 4 is 39.1 Å².